The molecule has 3 rings (SSSR count). The minimum absolute atomic E-state index is 0.652. The monoisotopic (exact) mass is 298 g/mol. The Kier molecular flexibility index (Phi) is 4.91. The van der Waals surface area contributed by atoms with Gasteiger partial charge in [0.15, 0.2) is 6.29 Å². The molecule has 2 heterocycles. The van der Waals surface area contributed by atoms with Gasteiger partial charge in [0.25, 0.3) is 0 Å². The molecule has 0 amide bonds. The lowest BCUT2D eigenvalue weighted by atomic mass is 10.1. The highest BCUT2D eigenvalue weighted by molar-refractivity contribution is 5.73. The minimum Gasteiger partial charge on any atom is -0.492 e. The molecule has 0 N–H and O–H groups in total. The van der Waals surface area contributed by atoms with Gasteiger partial charge in [0, 0.05) is 18.4 Å². The van der Waals surface area contributed by atoms with Crippen molar-refractivity contribution in [3.8, 4) is 11.4 Å². The van der Waals surface area contributed by atoms with Crippen LogP contribution in [0.5, 0.6) is 5.75 Å². The summed E-state index contributed by atoms with van der Waals surface area (Å²) in [4.78, 5) is 13.4. The van der Waals surface area contributed by atoms with E-state index in [0.29, 0.717) is 5.69 Å². The second kappa shape index (κ2) is 7.27. The van der Waals surface area contributed by atoms with Crippen molar-refractivity contribution in [2.75, 3.05) is 26.2 Å². The van der Waals surface area contributed by atoms with Crippen molar-refractivity contribution in [1.82, 2.24) is 9.47 Å². The molecule has 1 saturated heterocycles. The fourth-order valence-corrected chi connectivity index (χ4v) is 2.90. The number of ether oxygens (including phenoxy) is 1. The Balaban J connectivity index is 1.54. The molecule has 0 unspecified atom stereocenters. The maximum Gasteiger partial charge on any atom is 0.166 e. The summed E-state index contributed by atoms with van der Waals surface area (Å²) >= 11 is 0. The molecule has 1 aromatic heterocycles. The van der Waals surface area contributed by atoms with Crippen LogP contribution < -0.4 is 4.74 Å². The number of aldehydes is 1. The van der Waals surface area contributed by atoms with E-state index in [4.69, 9.17) is 4.74 Å². The van der Waals surface area contributed by atoms with Gasteiger partial charge in [-0.3, -0.25) is 9.69 Å². The molecule has 1 aromatic carbocycles. The largest absolute Gasteiger partial charge is 0.492 e. The topological polar surface area (TPSA) is 34.5 Å². The van der Waals surface area contributed by atoms with Gasteiger partial charge in [-0.2, -0.15) is 0 Å². The summed E-state index contributed by atoms with van der Waals surface area (Å²) in [5, 5.41) is 0. The van der Waals surface area contributed by atoms with Crippen molar-refractivity contribution in [2.45, 2.75) is 19.3 Å². The van der Waals surface area contributed by atoms with Gasteiger partial charge >= 0.3 is 0 Å². The maximum atomic E-state index is 11.0. The number of hydrogen-bond donors (Lipinski definition) is 0. The van der Waals surface area contributed by atoms with Crippen molar-refractivity contribution in [2.24, 2.45) is 0 Å². The second-order valence-electron chi connectivity index (χ2n) is 5.67. The summed E-state index contributed by atoms with van der Waals surface area (Å²) in [6.07, 6.45) is 6.73. The van der Waals surface area contributed by atoms with Gasteiger partial charge in [-0.15, -0.1) is 0 Å². The summed E-state index contributed by atoms with van der Waals surface area (Å²) in [5.74, 6) is 0.876. The van der Waals surface area contributed by atoms with Crippen LogP contribution in [0.4, 0.5) is 0 Å². The minimum atomic E-state index is 0.652. The van der Waals surface area contributed by atoms with E-state index in [1.54, 1.807) is 6.07 Å². The summed E-state index contributed by atoms with van der Waals surface area (Å²) in [6.45, 7) is 4.12. The first-order valence-electron chi connectivity index (χ1n) is 7.95. The SMILES string of the molecule is O=Cc1cccn1-c1ccc(OCCN2CCCCC2)cc1. The molecular weight excluding hydrogens is 276 g/mol. The smallest absolute Gasteiger partial charge is 0.166 e. The first kappa shape index (κ1) is 14.9. The van der Waals surface area contributed by atoms with Gasteiger partial charge in [-0.05, 0) is 62.3 Å². The van der Waals surface area contributed by atoms with Crippen molar-refractivity contribution in [3.05, 3.63) is 48.3 Å². The van der Waals surface area contributed by atoms with Gasteiger partial charge < -0.3 is 9.30 Å². The highest BCUT2D eigenvalue weighted by atomic mass is 16.5. The van der Waals surface area contributed by atoms with Crippen LogP contribution in [0.1, 0.15) is 29.8 Å². The molecule has 0 bridgehead atoms. The number of benzene rings is 1. The molecule has 116 valence electrons. The Morgan fingerprint density at radius 1 is 1.05 bits per heavy atom. The van der Waals surface area contributed by atoms with E-state index in [2.05, 4.69) is 4.90 Å². The van der Waals surface area contributed by atoms with Gasteiger partial charge in [0.2, 0.25) is 0 Å². The maximum absolute atomic E-state index is 11.0. The third kappa shape index (κ3) is 3.57. The normalized spacial score (nSPS) is 15.6. The lowest BCUT2D eigenvalue weighted by Gasteiger charge is -2.26. The van der Waals surface area contributed by atoms with E-state index in [0.717, 1.165) is 30.9 Å². The van der Waals surface area contributed by atoms with Crippen LogP contribution in [-0.4, -0.2) is 42.0 Å². The molecule has 1 aliphatic heterocycles. The van der Waals surface area contributed by atoms with Crippen molar-refractivity contribution in [1.29, 1.82) is 0 Å². The van der Waals surface area contributed by atoms with Gasteiger partial charge in [0.1, 0.15) is 12.4 Å². The van der Waals surface area contributed by atoms with Gasteiger partial charge in [-0.1, -0.05) is 6.42 Å². The molecule has 0 atom stereocenters. The average molecular weight is 298 g/mol. The number of hydrogen-bond acceptors (Lipinski definition) is 3. The van der Waals surface area contributed by atoms with Gasteiger partial charge in [0.05, 0.1) is 5.69 Å². The molecule has 0 aliphatic carbocycles. The predicted molar refractivity (Wildman–Crippen MR) is 86.9 cm³/mol. The lowest BCUT2D eigenvalue weighted by Crippen LogP contribution is -2.33. The fourth-order valence-electron chi connectivity index (χ4n) is 2.90. The van der Waals surface area contributed by atoms with Crippen LogP contribution in [-0.2, 0) is 0 Å². The van der Waals surface area contributed by atoms with E-state index >= 15 is 0 Å². The predicted octanol–water partition coefficient (Wildman–Crippen LogP) is 3.15. The molecule has 22 heavy (non-hydrogen) atoms. The zero-order valence-corrected chi connectivity index (χ0v) is 12.8. The van der Waals surface area contributed by atoms with Crippen molar-refractivity contribution < 1.29 is 9.53 Å². The molecule has 0 saturated carbocycles. The number of rotatable bonds is 6. The summed E-state index contributed by atoms with van der Waals surface area (Å²) in [7, 11) is 0. The van der Waals surface area contributed by atoms with E-state index in [-0.39, 0.29) is 0 Å². The lowest BCUT2D eigenvalue weighted by molar-refractivity contribution is 0.111. The Labute approximate surface area is 131 Å². The van der Waals surface area contributed by atoms with Crippen LogP contribution in [0.25, 0.3) is 5.69 Å². The molecule has 0 radical (unpaired) electrons. The van der Waals surface area contributed by atoms with E-state index in [1.807, 2.05) is 41.1 Å². The molecular formula is C18H22N2O2. The Bertz CT molecular complexity index is 598. The first-order valence-corrected chi connectivity index (χ1v) is 7.95. The van der Waals surface area contributed by atoms with Crippen molar-refractivity contribution >= 4 is 6.29 Å². The Hall–Kier alpha value is -2.07. The third-order valence-corrected chi connectivity index (χ3v) is 4.14. The van der Waals surface area contributed by atoms with Gasteiger partial charge in [-0.25, -0.2) is 0 Å². The quantitative estimate of drug-likeness (QED) is 0.768. The number of likely N-dealkylation sites (tertiary alicyclic amines) is 1. The Morgan fingerprint density at radius 2 is 1.82 bits per heavy atom. The van der Waals surface area contributed by atoms with Crippen LogP contribution in [0, 0.1) is 0 Å². The highest BCUT2D eigenvalue weighted by Crippen LogP contribution is 2.17. The number of carbonyl (C=O) groups is 1. The van der Waals surface area contributed by atoms with E-state index in [1.165, 1.54) is 32.4 Å². The Morgan fingerprint density at radius 3 is 2.55 bits per heavy atom. The highest BCUT2D eigenvalue weighted by Gasteiger charge is 2.09. The molecule has 1 fully saturated rings. The molecule has 4 heteroatoms. The molecule has 1 aliphatic rings. The average Bonchev–Trinajstić information content (AvgIpc) is 3.05. The standard InChI is InChI=1S/C18H22N2O2/c21-15-17-5-4-12-20(17)16-6-8-18(9-7-16)22-14-13-19-10-2-1-3-11-19/h4-9,12,15H,1-3,10-11,13-14H2. The van der Waals surface area contributed by atoms with E-state index < -0.39 is 0 Å². The number of aromatic nitrogens is 1. The first-order chi connectivity index (χ1) is 10.9. The fraction of sp³-hybridized carbons (Fsp3) is 0.389. The third-order valence-electron chi connectivity index (χ3n) is 4.14. The summed E-state index contributed by atoms with van der Waals surface area (Å²) < 4.78 is 7.68. The summed E-state index contributed by atoms with van der Waals surface area (Å²) in [5.41, 5.74) is 1.62. The number of piperidine rings is 1. The second-order valence-corrected chi connectivity index (χ2v) is 5.67. The zero-order chi connectivity index (χ0) is 15.2. The molecule has 4 nitrogen and oxygen atoms in total. The van der Waals surface area contributed by atoms with Crippen LogP contribution >= 0.6 is 0 Å². The summed E-state index contributed by atoms with van der Waals surface area (Å²) in [6, 6.07) is 11.5. The molecule has 2 aromatic rings. The van der Waals surface area contributed by atoms with Crippen molar-refractivity contribution in [3.63, 3.8) is 0 Å². The number of nitrogens with zero attached hydrogens (tertiary/aromatic N) is 2. The van der Waals surface area contributed by atoms with Crippen LogP contribution in [0.2, 0.25) is 0 Å². The molecule has 0 spiro atoms. The zero-order valence-electron chi connectivity index (χ0n) is 12.8. The van der Waals surface area contributed by atoms with E-state index in [9.17, 15) is 4.79 Å². The van der Waals surface area contributed by atoms with Crippen LogP contribution in [0.15, 0.2) is 42.6 Å². The number of carbonyl (C=O) groups excluding carboxylic acids is 1. The van der Waals surface area contributed by atoms with Crippen LogP contribution in [0.3, 0.4) is 0 Å².